The molecule has 0 fully saturated rings. The van der Waals surface area contributed by atoms with Gasteiger partial charge >= 0.3 is 0 Å². The van der Waals surface area contributed by atoms with Crippen LogP contribution in [0.1, 0.15) is 37.1 Å². The molecule has 0 bridgehead atoms. The van der Waals surface area contributed by atoms with Crippen LogP contribution in [0.25, 0.3) is 10.2 Å². The highest BCUT2D eigenvalue weighted by molar-refractivity contribution is 7.99. The Hall–Kier alpha value is -1.38. The van der Waals surface area contributed by atoms with Crippen LogP contribution < -0.4 is 10.9 Å². The zero-order chi connectivity index (χ0) is 19.4. The fourth-order valence-corrected chi connectivity index (χ4v) is 5.39. The number of aryl methyl sites for hydroxylation is 2. The van der Waals surface area contributed by atoms with E-state index in [0.29, 0.717) is 30.8 Å². The first-order chi connectivity index (χ1) is 13.0. The lowest BCUT2D eigenvalue weighted by atomic mass is 10.1. The van der Waals surface area contributed by atoms with Gasteiger partial charge in [0.1, 0.15) is 4.83 Å². The monoisotopic (exact) mass is 409 g/mol. The number of carbonyl (C=O) groups is 1. The highest BCUT2D eigenvalue weighted by Crippen LogP contribution is 2.35. The van der Waals surface area contributed by atoms with E-state index in [0.717, 1.165) is 35.9 Å². The molecule has 2 heterocycles. The number of ether oxygens (including phenoxy) is 1. The van der Waals surface area contributed by atoms with Crippen LogP contribution >= 0.6 is 23.1 Å². The molecule has 1 aliphatic carbocycles. The van der Waals surface area contributed by atoms with Gasteiger partial charge in [-0.25, -0.2) is 4.98 Å². The Morgan fingerprint density at radius 1 is 1.41 bits per heavy atom. The lowest BCUT2D eigenvalue weighted by Crippen LogP contribution is -2.28. The maximum Gasteiger partial charge on any atom is 0.263 e. The van der Waals surface area contributed by atoms with Gasteiger partial charge in [0.05, 0.1) is 24.3 Å². The Labute approximate surface area is 167 Å². The summed E-state index contributed by atoms with van der Waals surface area (Å²) in [5.41, 5.74) is 1.18. The van der Waals surface area contributed by atoms with Gasteiger partial charge in [-0.2, -0.15) is 0 Å². The first kappa shape index (κ1) is 20.4. The number of rotatable bonds is 9. The van der Waals surface area contributed by atoms with Crippen molar-refractivity contribution >= 4 is 39.2 Å². The van der Waals surface area contributed by atoms with Crippen molar-refractivity contribution in [1.82, 2.24) is 14.9 Å². The van der Waals surface area contributed by atoms with Crippen molar-refractivity contribution in [2.24, 2.45) is 5.92 Å². The molecule has 0 aromatic carbocycles. The highest BCUT2D eigenvalue weighted by atomic mass is 32.2. The molecule has 2 aromatic heterocycles. The van der Waals surface area contributed by atoms with E-state index in [1.807, 2.05) is 0 Å². The molecule has 3 rings (SSSR count). The molecule has 0 atom stereocenters. The fraction of sp³-hybridized carbons (Fsp3) is 0.632. The van der Waals surface area contributed by atoms with E-state index >= 15 is 0 Å². The summed E-state index contributed by atoms with van der Waals surface area (Å²) in [5, 5.41) is 4.31. The van der Waals surface area contributed by atoms with Crippen LogP contribution in [-0.4, -0.2) is 41.5 Å². The van der Waals surface area contributed by atoms with Crippen molar-refractivity contribution in [2.45, 2.75) is 51.2 Å². The van der Waals surface area contributed by atoms with Gasteiger partial charge in [-0.1, -0.05) is 25.6 Å². The van der Waals surface area contributed by atoms with Crippen LogP contribution in [0.3, 0.4) is 0 Å². The largest absolute Gasteiger partial charge is 0.383 e. The van der Waals surface area contributed by atoms with E-state index in [-0.39, 0.29) is 17.2 Å². The topological polar surface area (TPSA) is 73.2 Å². The first-order valence-electron chi connectivity index (χ1n) is 9.44. The summed E-state index contributed by atoms with van der Waals surface area (Å²) >= 11 is 2.95. The van der Waals surface area contributed by atoms with Gasteiger partial charge in [-0.05, 0) is 37.2 Å². The summed E-state index contributed by atoms with van der Waals surface area (Å²) in [5.74, 6) is 0.790. The molecule has 6 nitrogen and oxygen atoms in total. The van der Waals surface area contributed by atoms with Gasteiger partial charge in [-0.15, -0.1) is 11.3 Å². The molecule has 0 saturated carbocycles. The summed E-state index contributed by atoms with van der Waals surface area (Å²) in [6.45, 7) is 5.82. The zero-order valence-electron chi connectivity index (χ0n) is 16.2. The van der Waals surface area contributed by atoms with Crippen LogP contribution in [0.5, 0.6) is 0 Å². The number of methoxy groups -OCH3 is 1. The third-order valence-electron chi connectivity index (χ3n) is 4.69. The molecule has 1 N–H and O–H groups in total. The lowest BCUT2D eigenvalue weighted by Gasteiger charge is -2.12. The number of thioether (sulfide) groups is 1. The molecule has 0 unspecified atom stereocenters. The van der Waals surface area contributed by atoms with Crippen LogP contribution in [0.4, 0.5) is 0 Å². The minimum Gasteiger partial charge on any atom is -0.383 e. The number of carbonyl (C=O) groups excluding carboxylic acids is 1. The summed E-state index contributed by atoms with van der Waals surface area (Å²) in [6.07, 6.45) is 4.07. The van der Waals surface area contributed by atoms with E-state index in [4.69, 9.17) is 9.72 Å². The second kappa shape index (κ2) is 9.21. The van der Waals surface area contributed by atoms with Crippen molar-refractivity contribution < 1.29 is 9.53 Å². The van der Waals surface area contributed by atoms with Crippen LogP contribution in [0.2, 0.25) is 0 Å². The van der Waals surface area contributed by atoms with E-state index in [1.165, 1.54) is 22.2 Å². The molecule has 1 amide bonds. The van der Waals surface area contributed by atoms with Crippen molar-refractivity contribution in [3.8, 4) is 0 Å². The number of fused-ring (bicyclic) bond motifs is 3. The second-order valence-corrected chi connectivity index (χ2v) is 9.23. The van der Waals surface area contributed by atoms with Crippen molar-refractivity contribution in [3.05, 3.63) is 20.8 Å². The van der Waals surface area contributed by atoms with Crippen molar-refractivity contribution in [3.63, 3.8) is 0 Å². The Kier molecular flexibility index (Phi) is 6.94. The standard InChI is InChI=1S/C19H27N3O3S2/c1-12(2)7-8-20-15(23)11-26-19-21-17-16(13-5-4-6-14(13)27-17)18(24)22(19)9-10-25-3/h12H,4-11H2,1-3H3,(H,20,23). The van der Waals surface area contributed by atoms with E-state index < -0.39 is 0 Å². The van der Waals surface area contributed by atoms with E-state index in [2.05, 4.69) is 19.2 Å². The number of aromatic nitrogens is 2. The maximum atomic E-state index is 13.1. The van der Waals surface area contributed by atoms with Crippen LogP contribution in [0, 0.1) is 5.92 Å². The number of hydrogen-bond acceptors (Lipinski definition) is 6. The normalized spacial score (nSPS) is 13.5. The van der Waals surface area contributed by atoms with Gasteiger partial charge in [-0.3, -0.25) is 14.2 Å². The summed E-state index contributed by atoms with van der Waals surface area (Å²) in [6, 6.07) is 0. The third-order valence-corrected chi connectivity index (χ3v) is 6.85. The summed E-state index contributed by atoms with van der Waals surface area (Å²) < 4.78 is 6.84. The first-order valence-corrected chi connectivity index (χ1v) is 11.2. The van der Waals surface area contributed by atoms with Gasteiger partial charge in [0.2, 0.25) is 5.91 Å². The minimum atomic E-state index is -0.0260. The molecule has 148 valence electrons. The molecule has 1 aliphatic rings. The Balaban J connectivity index is 1.81. The molecule has 0 radical (unpaired) electrons. The highest BCUT2D eigenvalue weighted by Gasteiger charge is 2.23. The molecule has 0 spiro atoms. The minimum absolute atomic E-state index is 0.000772. The smallest absolute Gasteiger partial charge is 0.263 e. The number of amides is 1. The predicted molar refractivity (Wildman–Crippen MR) is 111 cm³/mol. The van der Waals surface area contributed by atoms with Crippen molar-refractivity contribution in [2.75, 3.05) is 26.0 Å². The molecular formula is C19H27N3O3S2. The number of nitrogens with zero attached hydrogens (tertiary/aromatic N) is 2. The quantitative estimate of drug-likeness (QED) is 0.509. The molecule has 8 heteroatoms. The molecule has 0 saturated heterocycles. The van der Waals surface area contributed by atoms with Gasteiger partial charge in [0.25, 0.3) is 5.56 Å². The molecule has 2 aromatic rings. The SMILES string of the molecule is COCCn1c(SCC(=O)NCCC(C)C)nc2sc3c(c2c1=O)CCC3. The summed E-state index contributed by atoms with van der Waals surface area (Å²) in [7, 11) is 1.62. The summed E-state index contributed by atoms with van der Waals surface area (Å²) in [4.78, 5) is 32.1. The van der Waals surface area contributed by atoms with Crippen molar-refractivity contribution in [1.29, 1.82) is 0 Å². The lowest BCUT2D eigenvalue weighted by molar-refractivity contribution is -0.118. The zero-order valence-corrected chi connectivity index (χ0v) is 17.8. The Morgan fingerprint density at radius 2 is 2.22 bits per heavy atom. The number of thiophene rings is 1. The van der Waals surface area contributed by atoms with E-state index in [9.17, 15) is 9.59 Å². The Morgan fingerprint density at radius 3 is 2.96 bits per heavy atom. The second-order valence-electron chi connectivity index (χ2n) is 7.20. The van der Waals surface area contributed by atoms with E-state index in [1.54, 1.807) is 23.0 Å². The van der Waals surface area contributed by atoms with Crippen LogP contribution in [-0.2, 0) is 28.9 Å². The van der Waals surface area contributed by atoms with Gasteiger partial charge < -0.3 is 10.1 Å². The number of hydrogen-bond donors (Lipinski definition) is 1. The predicted octanol–water partition coefficient (Wildman–Crippen LogP) is 2.85. The molecular weight excluding hydrogens is 382 g/mol. The van der Waals surface area contributed by atoms with Gasteiger partial charge in [0, 0.05) is 18.5 Å². The van der Waals surface area contributed by atoms with Crippen LogP contribution in [0.15, 0.2) is 9.95 Å². The number of nitrogens with one attached hydrogen (secondary N) is 1. The maximum absolute atomic E-state index is 13.1. The van der Waals surface area contributed by atoms with Gasteiger partial charge in [0.15, 0.2) is 5.16 Å². The Bertz CT molecular complexity index is 873. The molecule has 27 heavy (non-hydrogen) atoms. The third kappa shape index (κ3) is 4.73. The average molecular weight is 410 g/mol. The molecule has 0 aliphatic heterocycles. The fourth-order valence-electron chi connectivity index (χ4n) is 3.23. The average Bonchev–Trinajstić information content (AvgIpc) is 3.19.